The zero-order chi connectivity index (χ0) is 9.84. The van der Waals surface area contributed by atoms with Crippen LogP contribution in [0.2, 0.25) is 0 Å². The molecule has 0 saturated heterocycles. The summed E-state index contributed by atoms with van der Waals surface area (Å²) in [5, 5.41) is 0. The second kappa shape index (κ2) is 4.58. The van der Waals surface area contributed by atoms with E-state index in [9.17, 15) is 0 Å². The Balaban J connectivity index is 2.89. The van der Waals surface area contributed by atoms with Gasteiger partial charge in [-0.15, -0.1) is 6.58 Å². The molecular formula is C11H14BrN. The number of benzene rings is 1. The third-order valence-electron chi connectivity index (χ3n) is 2.04. The first kappa shape index (κ1) is 10.5. The zero-order valence-corrected chi connectivity index (χ0v) is 9.34. The Morgan fingerprint density at radius 2 is 2.31 bits per heavy atom. The summed E-state index contributed by atoms with van der Waals surface area (Å²) in [6, 6.07) is 6.27. The van der Waals surface area contributed by atoms with Gasteiger partial charge >= 0.3 is 0 Å². The van der Waals surface area contributed by atoms with Crippen LogP contribution in [0, 0.1) is 6.92 Å². The molecule has 1 atom stereocenters. The van der Waals surface area contributed by atoms with Crippen molar-refractivity contribution in [2.45, 2.75) is 19.4 Å². The SMILES string of the molecule is C=CC[C@H](N)c1ccc(C)c(Br)c1. The van der Waals surface area contributed by atoms with Crippen molar-refractivity contribution in [2.24, 2.45) is 5.73 Å². The van der Waals surface area contributed by atoms with Gasteiger partial charge in [0.1, 0.15) is 0 Å². The lowest BCUT2D eigenvalue weighted by Gasteiger charge is -2.10. The van der Waals surface area contributed by atoms with E-state index in [2.05, 4.69) is 47.6 Å². The van der Waals surface area contributed by atoms with Crippen molar-refractivity contribution in [3.8, 4) is 0 Å². The molecule has 2 heteroatoms. The lowest BCUT2D eigenvalue weighted by Crippen LogP contribution is -2.08. The molecular weight excluding hydrogens is 226 g/mol. The summed E-state index contributed by atoms with van der Waals surface area (Å²) in [4.78, 5) is 0. The Kier molecular flexibility index (Phi) is 3.70. The first-order chi connectivity index (χ1) is 6.15. The molecule has 0 radical (unpaired) electrons. The van der Waals surface area contributed by atoms with Gasteiger partial charge in [0.2, 0.25) is 0 Å². The molecule has 13 heavy (non-hydrogen) atoms. The van der Waals surface area contributed by atoms with Gasteiger partial charge in [0.05, 0.1) is 0 Å². The topological polar surface area (TPSA) is 26.0 Å². The molecule has 0 heterocycles. The molecule has 0 aliphatic rings. The van der Waals surface area contributed by atoms with Crippen LogP contribution in [0.4, 0.5) is 0 Å². The molecule has 0 unspecified atom stereocenters. The average Bonchev–Trinajstić information content (AvgIpc) is 2.10. The summed E-state index contributed by atoms with van der Waals surface area (Å²) in [5.41, 5.74) is 8.31. The van der Waals surface area contributed by atoms with Crippen molar-refractivity contribution in [3.05, 3.63) is 46.5 Å². The van der Waals surface area contributed by atoms with Gasteiger partial charge in [-0.05, 0) is 30.5 Å². The standard InChI is InChI=1S/C11H14BrN/c1-3-4-11(13)9-6-5-8(2)10(12)7-9/h3,5-7,11H,1,4,13H2,2H3/t11-/m0/s1. The second-order valence-corrected chi connectivity index (χ2v) is 3.99. The fourth-order valence-corrected chi connectivity index (χ4v) is 1.55. The van der Waals surface area contributed by atoms with E-state index in [1.54, 1.807) is 0 Å². The highest BCUT2D eigenvalue weighted by Crippen LogP contribution is 2.22. The van der Waals surface area contributed by atoms with E-state index in [-0.39, 0.29) is 6.04 Å². The van der Waals surface area contributed by atoms with Gasteiger partial charge in [0, 0.05) is 10.5 Å². The van der Waals surface area contributed by atoms with Crippen LogP contribution in [-0.4, -0.2) is 0 Å². The molecule has 0 amide bonds. The third-order valence-corrected chi connectivity index (χ3v) is 2.90. The van der Waals surface area contributed by atoms with Crippen LogP contribution >= 0.6 is 15.9 Å². The molecule has 1 rings (SSSR count). The largest absolute Gasteiger partial charge is 0.324 e. The number of nitrogens with two attached hydrogens (primary N) is 1. The van der Waals surface area contributed by atoms with Crippen LogP contribution in [0.3, 0.4) is 0 Å². The molecule has 1 aromatic rings. The number of rotatable bonds is 3. The van der Waals surface area contributed by atoms with E-state index in [1.807, 2.05) is 6.08 Å². The van der Waals surface area contributed by atoms with Crippen molar-refractivity contribution in [2.75, 3.05) is 0 Å². The Labute approximate surface area is 87.8 Å². The monoisotopic (exact) mass is 239 g/mol. The summed E-state index contributed by atoms with van der Waals surface area (Å²) in [6.07, 6.45) is 2.66. The van der Waals surface area contributed by atoms with Gasteiger partial charge in [0.15, 0.2) is 0 Å². The van der Waals surface area contributed by atoms with Crippen molar-refractivity contribution in [1.82, 2.24) is 0 Å². The van der Waals surface area contributed by atoms with Crippen molar-refractivity contribution in [3.63, 3.8) is 0 Å². The maximum absolute atomic E-state index is 5.93. The Bertz CT molecular complexity index is 307. The molecule has 0 aliphatic heterocycles. The Hall–Kier alpha value is -0.600. The van der Waals surface area contributed by atoms with Crippen LogP contribution in [0.1, 0.15) is 23.6 Å². The number of hydrogen-bond acceptors (Lipinski definition) is 1. The lowest BCUT2D eigenvalue weighted by atomic mass is 10.0. The van der Waals surface area contributed by atoms with Gasteiger partial charge in [-0.1, -0.05) is 34.1 Å². The summed E-state index contributed by atoms with van der Waals surface area (Å²) >= 11 is 3.48. The van der Waals surface area contributed by atoms with Crippen LogP contribution in [0.25, 0.3) is 0 Å². The molecule has 0 fully saturated rings. The first-order valence-corrected chi connectivity index (χ1v) is 5.07. The van der Waals surface area contributed by atoms with Gasteiger partial charge in [-0.2, -0.15) is 0 Å². The van der Waals surface area contributed by atoms with Crippen LogP contribution < -0.4 is 5.73 Å². The van der Waals surface area contributed by atoms with E-state index in [0.717, 1.165) is 16.5 Å². The van der Waals surface area contributed by atoms with E-state index >= 15 is 0 Å². The molecule has 1 aromatic carbocycles. The van der Waals surface area contributed by atoms with Gasteiger partial charge in [0.25, 0.3) is 0 Å². The predicted octanol–water partition coefficient (Wildman–Crippen LogP) is 3.33. The first-order valence-electron chi connectivity index (χ1n) is 4.27. The normalized spacial score (nSPS) is 12.5. The van der Waals surface area contributed by atoms with Crippen molar-refractivity contribution < 1.29 is 0 Å². The maximum Gasteiger partial charge on any atom is 0.0330 e. The van der Waals surface area contributed by atoms with Gasteiger partial charge in [-0.3, -0.25) is 0 Å². The fourth-order valence-electron chi connectivity index (χ4n) is 1.16. The Morgan fingerprint density at radius 1 is 1.62 bits per heavy atom. The lowest BCUT2D eigenvalue weighted by molar-refractivity contribution is 0.741. The number of aryl methyl sites for hydroxylation is 1. The minimum atomic E-state index is 0.0643. The van der Waals surface area contributed by atoms with E-state index in [4.69, 9.17) is 5.73 Å². The molecule has 0 spiro atoms. The second-order valence-electron chi connectivity index (χ2n) is 3.14. The molecule has 2 N–H and O–H groups in total. The summed E-state index contributed by atoms with van der Waals surface area (Å²) in [6.45, 7) is 5.74. The van der Waals surface area contributed by atoms with Crippen LogP contribution in [0.15, 0.2) is 35.3 Å². The summed E-state index contributed by atoms with van der Waals surface area (Å²) < 4.78 is 1.12. The van der Waals surface area contributed by atoms with E-state index in [0.29, 0.717) is 0 Å². The molecule has 0 saturated carbocycles. The summed E-state index contributed by atoms with van der Waals surface area (Å²) in [7, 11) is 0. The zero-order valence-electron chi connectivity index (χ0n) is 7.76. The molecule has 1 nitrogen and oxygen atoms in total. The number of halogens is 1. The van der Waals surface area contributed by atoms with Crippen LogP contribution in [0.5, 0.6) is 0 Å². The average molecular weight is 240 g/mol. The van der Waals surface area contributed by atoms with E-state index in [1.165, 1.54) is 5.56 Å². The highest BCUT2D eigenvalue weighted by atomic mass is 79.9. The molecule has 70 valence electrons. The highest BCUT2D eigenvalue weighted by Gasteiger charge is 2.04. The Morgan fingerprint density at radius 3 is 2.85 bits per heavy atom. The minimum Gasteiger partial charge on any atom is -0.324 e. The third kappa shape index (κ3) is 2.68. The molecule has 0 aliphatic carbocycles. The van der Waals surface area contributed by atoms with Gasteiger partial charge < -0.3 is 5.73 Å². The van der Waals surface area contributed by atoms with Crippen molar-refractivity contribution >= 4 is 15.9 Å². The summed E-state index contributed by atoms with van der Waals surface area (Å²) in [5.74, 6) is 0. The predicted molar refractivity (Wildman–Crippen MR) is 60.6 cm³/mol. The number of hydrogen-bond donors (Lipinski definition) is 1. The maximum atomic E-state index is 5.93. The highest BCUT2D eigenvalue weighted by molar-refractivity contribution is 9.10. The molecule has 0 aromatic heterocycles. The fraction of sp³-hybridized carbons (Fsp3) is 0.273. The smallest absolute Gasteiger partial charge is 0.0330 e. The van der Waals surface area contributed by atoms with Crippen molar-refractivity contribution in [1.29, 1.82) is 0 Å². The minimum absolute atomic E-state index is 0.0643. The van der Waals surface area contributed by atoms with Gasteiger partial charge in [-0.25, -0.2) is 0 Å². The quantitative estimate of drug-likeness (QED) is 0.805. The van der Waals surface area contributed by atoms with Crippen LogP contribution in [-0.2, 0) is 0 Å². The van der Waals surface area contributed by atoms with E-state index < -0.39 is 0 Å². The molecule has 0 bridgehead atoms.